The molecule has 0 aliphatic heterocycles. The Bertz CT molecular complexity index is 732. The van der Waals surface area contributed by atoms with Crippen molar-refractivity contribution < 1.29 is 9.53 Å². The predicted octanol–water partition coefficient (Wildman–Crippen LogP) is 2.40. The second kappa shape index (κ2) is 8.25. The lowest BCUT2D eigenvalue weighted by atomic mass is 9.92. The molecule has 25 heavy (non-hydrogen) atoms. The Morgan fingerprint density at radius 3 is 2.72 bits per heavy atom. The van der Waals surface area contributed by atoms with Crippen molar-refractivity contribution in [3.05, 3.63) is 54.0 Å². The highest BCUT2D eigenvalue weighted by Crippen LogP contribution is 2.23. The molecule has 1 fully saturated rings. The smallest absolute Gasteiger partial charge is 0.224 e. The average Bonchev–Trinajstić information content (AvgIpc) is 2.65. The van der Waals surface area contributed by atoms with Crippen LogP contribution < -0.4 is 10.1 Å². The van der Waals surface area contributed by atoms with Crippen molar-refractivity contribution in [1.29, 1.82) is 5.26 Å². The number of pyridine rings is 2. The molecule has 2 aromatic rings. The van der Waals surface area contributed by atoms with E-state index in [1.807, 2.05) is 18.2 Å². The molecular weight excluding hydrogens is 316 g/mol. The van der Waals surface area contributed by atoms with Crippen molar-refractivity contribution in [1.82, 2.24) is 15.3 Å². The number of hydrogen-bond donors (Lipinski definition) is 1. The summed E-state index contributed by atoms with van der Waals surface area (Å²) in [4.78, 5) is 20.3. The zero-order chi connectivity index (χ0) is 17.5. The molecule has 1 saturated carbocycles. The lowest BCUT2D eigenvalue weighted by Gasteiger charge is -2.29. The summed E-state index contributed by atoms with van der Waals surface area (Å²) in [5, 5.41) is 11.9. The molecular formula is C19H20N4O2. The third-order valence-electron chi connectivity index (χ3n) is 4.28. The molecule has 0 radical (unpaired) electrons. The molecule has 0 aromatic carbocycles. The van der Waals surface area contributed by atoms with Crippen LogP contribution in [0.15, 0.2) is 42.9 Å². The van der Waals surface area contributed by atoms with E-state index in [9.17, 15) is 4.79 Å². The van der Waals surface area contributed by atoms with Crippen molar-refractivity contribution in [2.45, 2.75) is 44.2 Å². The summed E-state index contributed by atoms with van der Waals surface area (Å²) in [6.07, 6.45) is 8.92. The van der Waals surface area contributed by atoms with Crippen LogP contribution in [0.2, 0.25) is 0 Å². The van der Waals surface area contributed by atoms with E-state index < -0.39 is 0 Å². The molecule has 0 saturated heterocycles. The maximum Gasteiger partial charge on any atom is 0.224 e. The van der Waals surface area contributed by atoms with Gasteiger partial charge in [-0.05, 0) is 43.4 Å². The van der Waals surface area contributed by atoms with Gasteiger partial charge in [-0.25, -0.2) is 4.98 Å². The highest BCUT2D eigenvalue weighted by molar-refractivity contribution is 5.78. The summed E-state index contributed by atoms with van der Waals surface area (Å²) in [5.74, 6) is 0.578. The Morgan fingerprint density at radius 2 is 2.08 bits per heavy atom. The van der Waals surface area contributed by atoms with Gasteiger partial charge in [0.15, 0.2) is 0 Å². The van der Waals surface area contributed by atoms with E-state index in [0.29, 0.717) is 17.9 Å². The molecule has 1 N–H and O–H groups in total. The number of carbonyl (C=O) groups is 1. The van der Waals surface area contributed by atoms with E-state index in [2.05, 4.69) is 15.3 Å². The molecule has 2 heterocycles. The van der Waals surface area contributed by atoms with Crippen LogP contribution in [0.1, 0.15) is 36.8 Å². The largest absolute Gasteiger partial charge is 0.474 e. The van der Waals surface area contributed by atoms with Crippen LogP contribution in [0.3, 0.4) is 0 Å². The molecule has 0 bridgehead atoms. The Balaban J connectivity index is 1.42. The van der Waals surface area contributed by atoms with Gasteiger partial charge in [0.2, 0.25) is 11.8 Å². The number of rotatable bonds is 5. The van der Waals surface area contributed by atoms with Crippen molar-refractivity contribution in [2.24, 2.45) is 0 Å². The standard InChI is InChI=1S/C19H20N4O2/c20-11-15-3-8-19(22-13-15)25-17-6-4-16(5-7-17)23-18(24)10-14-2-1-9-21-12-14/h1-3,8-9,12-13,16-17H,4-7,10H2,(H,23,24). The van der Waals surface area contributed by atoms with Gasteiger partial charge >= 0.3 is 0 Å². The number of nitriles is 1. The number of amides is 1. The Morgan fingerprint density at radius 1 is 1.24 bits per heavy atom. The highest BCUT2D eigenvalue weighted by atomic mass is 16.5. The molecule has 6 nitrogen and oxygen atoms in total. The van der Waals surface area contributed by atoms with Crippen molar-refractivity contribution >= 4 is 5.91 Å². The molecule has 1 aliphatic carbocycles. The quantitative estimate of drug-likeness (QED) is 0.906. The number of nitrogens with zero attached hydrogens (tertiary/aromatic N) is 3. The van der Waals surface area contributed by atoms with E-state index in [1.54, 1.807) is 24.5 Å². The molecule has 1 amide bonds. The van der Waals surface area contributed by atoms with Gasteiger partial charge in [0, 0.05) is 30.7 Å². The minimum absolute atomic E-state index is 0.0335. The van der Waals surface area contributed by atoms with Crippen LogP contribution in [-0.4, -0.2) is 28.0 Å². The van der Waals surface area contributed by atoms with E-state index in [0.717, 1.165) is 31.2 Å². The molecule has 0 atom stereocenters. The summed E-state index contributed by atoms with van der Waals surface area (Å²) >= 11 is 0. The number of ether oxygens (including phenoxy) is 1. The van der Waals surface area contributed by atoms with Crippen LogP contribution in [-0.2, 0) is 11.2 Å². The fourth-order valence-corrected chi connectivity index (χ4v) is 2.98. The predicted molar refractivity (Wildman–Crippen MR) is 91.7 cm³/mol. The van der Waals surface area contributed by atoms with Crippen LogP contribution in [0, 0.1) is 11.3 Å². The summed E-state index contributed by atoms with van der Waals surface area (Å²) in [6.45, 7) is 0. The molecule has 3 rings (SSSR count). The van der Waals surface area contributed by atoms with Crippen molar-refractivity contribution in [3.8, 4) is 11.9 Å². The molecule has 0 unspecified atom stereocenters. The number of hydrogen-bond acceptors (Lipinski definition) is 5. The third-order valence-corrected chi connectivity index (χ3v) is 4.28. The molecule has 2 aromatic heterocycles. The van der Waals surface area contributed by atoms with Crippen LogP contribution in [0.4, 0.5) is 0 Å². The first kappa shape index (κ1) is 16.9. The van der Waals surface area contributed by atoms with E-state index in [-0.39, 0.29) is 18.1 Å². The first-order valence-electron chi connectivity index (χ1n) is 8.44. The minimum Gasteiger partial charge on any atom is -0.474 e. The fourth-order valence-electron chi connectivity index (χ4n) is 2.98. The second-order valence-corrected chi connectivity index (χ2v) is 6.19. The highest BCUT2D eigenvalue weighted by Gasteiger charge is 2.23. The van der Waals surface area contributed by atoms with Gasteiger partial charge in [0.1, 0.15) is 12.2 Å². The first-order chi connectivity index (χ1) is 12.2. The number of carbonyl (C=O) groups excluding carboxylic acids is 1. The lowest BCUT2D eigenvalue weighted by molar-refractivity contribution is -0.121. The van der Waals surface area contributed by atoms with E-state index in [4.69, 9.17) is 10.00 Å². The summed E-state index contributed by atoms with van der Waals surface area (Å²) in [5.41, 5.74) is 1.44. The fraction of sp³-hybridized carbons (Fsp3) is 0.368. The van der Waals surface area contributed by atoms with Crippen LogP contribution >= 0.6 is 0 Å². The van der Waals surface area contributed by atoms with Gasteiger partial charge in [-0.2, -0.15) is 5.26 Å². The van der Waals surface area contributed by atoms with Gasteiger partial charge in [0.25, 0.3) is 0 Å². The second-order valence-electron chi connectivity index (χ2n) is 6.19. The minimum atomic E-state index is 0.0335. The van der Waals surface area contributed by atoms with Gasteiger partial charge < -0.3 is 10.1 Å². The van der Waals surface area contributed by atoms with Gasteiger partial charge in [0.05, 0.1) is 12.0 Å². The molecule has 1 aliphatic rings. The van der Waals surface area contributed by atoms with Crippen molar-refractivity contribution in [2.75, 3.05) is 0 Å². The number of aromatic nitrogens is 2. The van der Waals surface area contributed by atoms with Gasteiger partial charge in [-0.3, -0.25) is 9.78 Å². The molecule has 6 heteroatoms. The summed E-state index contributed by atoms with van der Waals surface area (Å²) < 4.78 is 5.86. The Kier molecular flexibility index (Phi) is 5.57. The third kappa shape index (κ3) is 5.01. The Hall–Kier alpha value is -2.94. The SMILES string of the molecule is N#Cc1ccc(OC2CCC(NC(=O)Cc3cccnc3)CC2)nc1. The van der Waals surface area contributed by atoms with Gasteiger partial charge in [-0.15, -0.1) is 0 Å². The normalized spacial score (nSPS) is 19.6. The monoisotopic (exact) mass is 336 g/mol. The Labute approximate surface area is 146 Å². The van der Waals surface area contributed by atoms with Crippen LogP contribution in [0.25, 0.3) is 0 Å². The first-order valence-corrected chi connectivity index (χ1v) is 8.44. The maximum atomic E-state index is 12.1. The average molecular weight is 336 g/mol. The van der Waals surface area contributed by atoms with Crippen LogP contribution in [0.5, 0.6) is 5.88 Å². The van der Waals surface area contributed by atoms with Crippen molar-refractivity contribution in [3.63, 3.8) is 0 Å². The molecule has 128 valence electrons. The molecule has 0 spiro atoms. The summed E-state index contributed by atoms with van der Waals surface area (Å²) in [7, 11) is 0. The lowest BCUT2D eigenvalue weighted by Crippen LogP contribution is -2.40. The maximum absolute atomic E-state index is 12.1. The van der Waals surface area contributed by atoms with E-state index >= 15 is 0 Å². The summed E-state index contributed by atoms with van der Waals surface area (Å²) in [6, 6.07) is 9.39. The van der Waals surface area contributed by atoms with Gasteiger partial charge in [-0.1, -0.05) is 6.07 Å². The zero-order valence-electron chi connectivity index (χ0n) is 13.9. The number of nitrogens with one attached hydrogen (secondary N) is 1. The topological polar surface area (TPSA) is 87.9 Å². The zero-order valence-corrected chi connectivity index (χ0v) is 13.9. The van der Waals surface area contributed by atoms with E-state index in [1.165, 1.54) is 6.20 Å².